The molecule has 0 spiro atoms. The minimum Gasteiger partial charge on any atom is -0.478 e. The average Bonchev–Trinajstić information content (AvgIpc) is 2.30. The van der Waals surface area contributed by atoms with Crippen molar-refractivity contribution in [2.45, 2.75) is 6.92 Å². The van der Waals surface area contributed by atoms with Gasteiger partial charge in [-0.05, 0) is 30.7 Å². The molecule has 0 unspecified atom stereocenters. The van der Waals surface area contributed by atoms with Crippen molar-refractivity contribution >= 4 is 5.97 Å². The summed E-state index contributed by atoms with van der Waals surface area (Å²) in [5.41, 5.74) is 2.96. The lowest BCUT2D eigenvalue weighted by Crippen LogP contribution is -1.96. The normalized spacial score (nSPS) is 10.1. The smallest absolute Gasteiger partial charge is 0.335 e. The van der Waals surface area contributed by atoms with Gasteiger partial charge in [0.15, 0.2) is 0 Å². The number of aromatic carboxylic acids is 1. The molecule has 1 N–H and O–H groups in total. The Labute approximate surface area is 93.4 Å². The predicted molar refractivity (Wildman–Crippen MR) is 61.4 cm³/mol. The zero-order chi connectivity index (χ0) is 11.5. The van der Waals surface area contributed by atoms with E-state index in [-0.39, 0.29) is 5.56 Å². The molecule has 80 valence electrons. The SMILES string of the molecule is Cc1ccc(-c2cccc(C(=O)O)c2)nc1. The van der Waals surface area contributed by atoms with Crippen molar-refractivity contribution < 1.29 is 9.90 Å². The highest BCUT2D eigenvalue weighted by molar-refractivity contribution is 5.89. The van der Waals surface area contributed by atoms with Gasteiger partial charge in [-0.25, -0.2) is 4.79 Å². The van der Waals surface area contributed by atoms with Crippen LogP contribution in [0.4, 0.5) is 0 Å². The molecule has 2 aromatic rings. The Kier molecular flexibility index (Phi) is 2.68. The van der Waals surface area contributed by atoms with E-state index in [0.29, 0.717) is 0 Å². The first-order valence-electron chi connectivity index (χ1n) is 4.93. The maximum atomic E-state index is 10.8. The lowest BCUT2D eigenvalue weighted by molar-refractivity contribution is 0.0697. The van der Waals surface area contributed by atoms with Gasteiger partial charge in [0.25, 0.3) is 0 Å². The zero-order valence-electron chi connectivity index (χ0n) is 8.84. The van der Waals surface area contributed by atoms with Crippen LogP contribution in [0, 0.1) is 6.92 Å². The van der Waals surface area contributed by atoms with Crippen LogP contribution in [0.1, 0.15) is 15.9 Å². The van der Waals surface area contributed by atoms with E-state index in [2.05, 4.69) is 4.98 Å². The van der Waals surface area contributed by atoms with Gasteiger partial charge in [-0.3, -0.25) is 4.98 Å². The van der Waals surface area contributed by atoms with Gasteiger partial charge in [-0.1, -0.05) is 18.2 Å². The van der Waals surface area contributed by atoms with E-state index in [1.54, 1.807) is 24.4 Å². The molecule has 2 rings (SSSR count). The second kappa shape index (κ2) is 4.14. The maximum Gasteiger partial charge on any atom is 0.335 e. The first kappa shape index (κ1) is 10.4. The minimum atomic E-state index is -0.922. The number of aromatic nitrogens is 1. The van der Waals surface area contributed by atoms with Gasteiger partial charge in [0.1, 0.15) is 0 Å². The fourth-order valence-corrected chi connectivity index (χ4v) is 1.45. The molecule has 0 amide bonds. The Morgan fingerprint density at radius 2 is 2.06 bits per heavy atom. The molecule has 16 heavy (non-hydrogen) atoms. The maximum absolute atomic E-state index is 10.8. The summed E-state index contributed by atoms with van der Waals surface area (Å²) in [6, 6.07) is 10.6. The van der Waals surface area contributed by atoms with Gasteiger partial charge in [0.05, 0.1) is 11.3 Å². The summed E-state index contributed by atoms with van der Waals surface area (Å²) >= 11 is 0. The van der Waals surface area contributed by atoms with E-state index < -0.39 is 5.97 Å². The molecule has 0 saturated heterocycles. The Bertz CT molecular complexity index is 518. The molecule has 1 aromatic carbocycles. The van der Waals surface area contributed by atoms with Gasteiger partial charge >= 0.3 is 5.97 Å². The topological polar surface area (TPSA) is 50.2 Å². The minimum absolute atomic E-state index is 0.278. The number of aryl methyl sites for hydroxylation is 1. The molecule has 0 aliphatic heterocycles. The highest BCUT2D eigenvalue weighted by Crippen LogP contribution is 2.18. The summed E-state index contributed by atoms with van der Waals surface area (Å²) in [5.74, 6) is -0.922. The lowest BCUT2D eigenvalue weighted by Gasteiger charge is -2.02. The van der Waals surface area contributed by atoms with Crippen LogP contribution in [0.2, 0.25) is 0 Å². The van der Waals surface area contributed by atoms with Crippen molar-refractivity contribution in [3.8, 4) is 11.3 Å². The monoisotopic (exact) mass is 213 g/mol. The second-order valence-corrected chi connectivity index (χ2v) is 3.61. The predicted octanol–water partition coefficient (Wildman–Crippen LogP) is 2.76. The molecule has 0 fully saturated rings. The van der Waals surface area contributed by atoms with Gasteiger partial charge in [0, 0.05) is 11.8 Å². The van der Waals surface area contributed by atoms with E-state index >= 15 is 0 Å². The van der Waals surface area contributed by atoms with Crippen LogP contribution in [-0.2, 0) is 0 Å². The number of hydrogen-bond acceptors (Lipinski definition) is 2. The van der Waals surface area contributed by atoms with Crippen LogP contribution in [0.5, 0.6) is 0 Å². The van der Waals surface area contributed by atoms with Gasteiger partial charge in [-0.15, -0.1) is 0 Å². The van der Waals surface area contributed by atoms with Crippen LogP contribution < -0.4 is 0 Å². The third-order valence-electron chi connectivity index (χ3n) is 2.32. The van der Waals surface area contributed by atoms with Crippen LogP contribution in [0.15, 0.2) is 42.6 Å². The fraction of sp³-hybridized carbons (Fsp3) is 0.0769. The van der Waals surface area contributed by atoms with Gasteiger partial charge < -0.3 is 5.11 Å². The Morgan fingerprint density at radius 1 is 1.25 bits per heavy atom. The third-order valence-corrected chi connectivity index (χ3v) is 2.32. The molecule has 0 bridgehead atoms. The molecule has 0 radical (unpaired) electrons. The summed E-state index contributed by atoms with van der Waals surface area (Å²) in [7, 11) is 0. The summed E-state index contributed by atoms with van der Waals surface area (Å²) in [5, 5.41) is 8.88. The first-order chi connectivity index (χ1) is 7.66. The highest BCUT2D eigenvalue weighted by Gasteiger charge is 2.04. The summed E-state index contributed by atoms with van der Waals surface area (Å²) < 4.78 is 0. The van der Waals surface area contributed by atoms with Crippen molar-refractivity contribution in [1.29, 1.82) is 0 Å². The lowest BCUT2D eigenvalue weighted by atomic mass is 10.1. The number of pyridine rings is 1. The zero-order valence-corrected chi connectivity index (χ0v) is 8.84. The van der Waals surface area contributed by atoms with Crippen molar-refractivity contribution in [2.75, 3.05) is 0 Å². The van der Waals surface area contributed by atoms with E-state index in [0.717, 1.165) is 16.8 Å². The van der Waals surface area contributed by atoms with Gasteiger partial charge in [-0.2, -0.15) is 0 Å². The van der Waals surface area contributed by atoms with Crippen LogP contribution in [0.25, 0.3) is 11.3 Å². The Morgan fingerprint density at radius 3 is 2.69 bits per heavy atom. The molecular formula is C13H11NO2. The van der Waals surface area contributed by atoms with E-state index in [9.17, 15) is 4.79 Å². The van der Waals surface area contributed by atoms with E-state index in [1.165, 1.54) is 0 Å². The summed E-state index contributed by atoms with van der Waals surface area (Å²) in [6.07, 6.45) is 1.77. The first-order valence-corrected chi connectivity index (χ1v) is 4.93. The molecule has 1 heterocycles. The van der Waals surface area contributed by atoms with Crippen molar-refractivity contribution in [3.05, 3.63) is 53.7 Å². The van der Waals surface area contributed by atoms with Crippen molar-refractivity contribution in [3.63, 3.8) is 0 Å². The number of rotatable bonds is 2. The van der Waals surface area contributed by atoms with Crippen molar-refractivity contribution in [1.82, 2.24) is 4.98 Å². The Hall–Kier alpha value is -2.16. The van der Waals surface area contributed by atoms with Crippen LogP contribution >= 0.6 is 0 Å². The molecule has 3 nitrogen and oxygen atoms in total. The number of carboxylic acid groups (broad SMARTS) is 1. The Balaban J connectivity index is 2.44. The molecule has 0 saturated carbocycles. The number of carboxylic acids is 1. The molecular weight excluding hydrogens is 202 g/mol. The van der Waals surface area contributed by atoms with Crippen LogP contribution in [-0.4, -0.2) is 16.1 Å². The largest absolute Gasteiger partial charge is 0.478 e. The molecule has 1 aromatic heterocycles. The fourth-order valence-electron chi connectivity index (χ4n) is 1.45. The number of carbonyl (C=O) groups is 1. The molecule has 0 atom stereocenters. The molecule has 0 aliphatic carbocycles. The highest BCUT2D eigenvalue weighted by atomic mass is 16.4. The number of benzene rings is 1. The van der Waals surface area contributed by atoms with E-state index in [1.807, 2.05) is 25.1 Å². The number of nitrogens with zero attached hydrogens (tertiary/aromatic N) is 1. The second-order valence-electron chi connectivity index (χ2n) is 3.61. The standard InChI is InChI=1S/C13H11NO2/c1-9-5-6-12(14-8-9)10-3-2-4-11(7-10)13(15)16/h2-8H,1H3,(H,15,16). The van der Waals surface area contributed by atoms with E-state index in [4.69, 9.17) is 5.11 Å². The molecule has 0 aliphatic rings. The third kappa shape index (κ3) is 2.08. The molecule has 3 heteroatoms. The average molecular weight is 213 g/mol. The van der Waals surface area contributed by atoms with Crippen molar-refractivity contribution in [2.24, 2.45) is 0 Å². The summed E-state index contributed by atoms with van der Waals surface area (Å²) in [4.78, 5) is 15.1. The van der Waals surface area contributed by atoms with Gasteiger partial charge in [0.2, 0.25) is 0 Å². The quantitative estimate of drug-likeness (QED) is 0.834. The van der Waals surface area contributed by atoms with Crippen LogP contribution in [0.3, 0.4) is 0 Å². The number of hydrogen-bond donors (Lipinski definition) is 1. The summed E-state index contributed by atoms with van der Waals surface area (Å²) in [6.45, 7) is 1.96.